The lowest BCUT2D eigenvalue weighted by Gasteiger charge is -2.30. The van der Waals surface area contributed by atoms with Gasteiger partial charge >= 0.3 is 0 Å². The lowest BCUT2D eigenvalue weighted by atomic mass is 9.98. The standard InChI is InChI=1S/C21H16BrFN2O3/c22-19-11-14(12-28-19)21(27)25-10-2-3-16-17(4-1-5-18(16)25)24-20(26)13-6-8-15(23)9-7-13/h1,4-9,11-12H,2-3,10H2,(H,24,26). The van der Waals surface area contributed by atoms with E-state index < -0.39 is 5.82 Å². The molecule has 1 aliphatic heterocycles. The fraction of sp³-hybridized carbons (Fsp3) is 0.143. The van der Waals surface area contributed by atoms with E-state index in [1.165, 1.54) is 30.5 Å². The van der Waals surface area contributed by atoms with Gasteiger partial charge < -0.3 is 14.6 Å². The van der Waals surface area contributed by atoms with E-state index in [4.69, 9.17) is 4.42 Å². The van der Waals surface area contributed by atoms with Crippen molar-refractivity contribution >= 4 is 39.1 Å². The zero-order chi connectivity index (χ0) is 19.7. The average molecular weight is 443 g/mol. The van der Waals surface area contributed by atoms with E-state index in [1.54, 1.807) is 17.0 Å². The molecule has 2 amide bonds. The van der Waals surface area contributed by atoms with E-state index in [2.05, 4.69) is 21.2 Å². The number of halogens is 2. The van der Waals surface area contributed by atoms with Crippen LogP contribution < -0.4 is 10.2 Å². The van der Waals surface area contributed by atoms with Crippen molar-refractivity contribution in [2.75, 3.05) is 16.8 Å². The fourth-order valence-electron chi connectivity index (χ4n) is 3.33. The van der Waals surface area contributed by atoms with Crippen molar-refractivity contribution in [1.82, 2.24) is 0 Å². The molecule has 1 aromatic heterocycles. The topological polar surface area (TPSA) is 62.6 Å². The van der Waals surface area contributed by atoms with Crippen LogP contribution in [-0.2, 0) is 6.42 Å². The molecule has 0 saturated heterocycles. The summed E-state index contributed by atoms with van der Waals surface area (Å²) in [4.78, 5) is 27.1. The predicted octanol–water partition coefficient (Wildman–Crippen LogP) is 5.03. The van der Waals surface area contributed by atoms with Gasteiger partial charge in [0.2, 0.25) is 0 Å². The maximum Gasteiger partial charge on any atom is 0.261 e. The number of benzene rings is 2. The molecule has 0 bridgehead atoms. The third kappa shape index (κ3) is 3.57. The number of carbonyl (C=O) groups excluding carboxylic acids is 2. The van der Waals surface area contributed by atoms with Crippen LogP contribution in [0.15, 0.2) is 63.9 Å². The molecule has 28 heavy (non-hydrogen) atoms. The summed E-state index contributed by atoms with van der Waals surface area (Å²) >= 11 is 3.21. The Morgan fingerprint density at radius 1 is 1.11 bits per heavy atom. The zero-order valence-electron chi connectivity index (χ0n) is 14.7. The molecular formula is C21H16BrFN2O3. The van der Waals surface area contributed by atoms with Gasteiger partial charge in [-0.2, -0.15) is 0 Å². The van der Waals surface area contributed by atoms with E-state index in [0.717, 1.165) is 24.1 Å². The molecule has 7 heteroatoms. The number of hydrogen-bond acceptors (Lipinski definition) is 3. The molecule has 3 aromatic rings. The number of nitrogens with zero attached hydrogens (tertiary/aromatic N) is 1. The summed E-state index contributed by atoms with van der Waals surface area (Å²) in [5.74, 6) is -0.873. The molecule has 0 spiro atoms. The second-order valence-corrected chi connectivity index (χ2v) is 7.25. The zero-order valence-corrected chi connectivity index (χ0v) is 16.3. The number of carbonyl (C=O) groups is 2. The maximum atomic E-state index is 13.1. The number of nitrogens with one attached hydrogen (secondary N) is 1. The van der Waals surface area contributed by atoms with Crippen LogP contribution in [-0.4, -0.2) is 18.4 Å². The minimum Gasteiger partial charge on any atom is -0.457 e. The van der Waals surface area contributed by atoms with Crippen LogP contribution in [0.25, 0.3) is 0 Å². The Bertz CT molecular complexity index is 1050. The number of amides is 2. The Morgan fingerprint density at radius 2 is 1.89 bits per heavy atom. The van der Waals surface area contributed by atoms with Crippen molar-refractivity contribution in [1.29, 1.82) is 0 Å². The second-order valence-electron chi connectivity index (χ2n) is 6.46. The average Bonchev–Trinajstić information content (AvgIpc) is 3.14. The number of hydrogen-bond donors (Lipinski definition) is 1. The minimum absolute atomic E-state index is 0.155. The van der Waals surface area contributed by atoms with Gasteiger partial charge in [0.1, 0.15) is 12.1 Å². The quantitative estimate of drug-likeness (QED) is 0.618. The highest BCUT2D eigenvalue weighted by molar-refractivity contribution is 9.10. The highest BCUT2D eigenvalue weighted by atomic mass is 79.9. The van der Waals surface area contributed by atoms with Crippen molar-refractivity contribution in [2.45, 2.75) is 12.8 Å². The number of rotatable bonds is 3. The van der Waals surface area contributed by atoms with Crippen LogP contribution in [0, 0.1) is 5.82 Å². The molecule has 0 atom stereocenters. The van der Waals surface area contributed by atoms with Crippen molar-refractivity contribution in [2.24, 2.45) is 0 Å². The second kappa shape index (κ2) is 7.59. The molecule has 2 heterocycles. The molecule has 2 aromatic carbocycles. The molecule has 0 aliphatic carbocycles. The van der Waals surface area contributed by atoms with Gasteiger partial charge in [0.15, 0.2) is 4.67 Å². The summed E-state index contributed by atoms with van der Waals surface area (Å²) in [7, 11) is 0. The van der Waals surface area contributed by atoms with Crippen LogP contribution in [0.1, 0.15) is 32.7 Å². The van der Waals surface area contributed by atoms with E-state index >= 15 is 0 Å². The first kappa shape index (κ1) is 18.4. The number of anilines is 2. The summed E-state index contributed by atoms with van der Waals surface area (Å²) in [5.41, 5.74) is 3.15. The minimum atomic E-state index is -0.395. The van der Waals surface area contributed by atoms with Gasteiger partial charge in [-0.3, -0.25) is 9.59 Å². The smallest absolute Gasteiger partial charge is 0.261 e. The Balaban J connectivity index is 1.62. The monoisotopic (exact) mass is 442 g/mol. The van der Waals surface area contributed by atoms with Gasteiger partial charge in [0.25, 0.3) is 11.8 Å². The van der Waals surface area contributed by atoms with Crippen LogP contribution in [0.3, 0.4) is 0 Å². The molecule has 0 fully saturated rings. The molecular weight excluding hydrogens is 427 g/mol. The van der Waals surface area contributed by atoms with Gasteiger partial charge in [-0.15, -0.1) is 0 Å². The van der Waals surface area contributed by atoms with Gasteiger partial charge in [-0.1, -0.05) is 6.07 Å². The highest BCUT2D eigenvalue weighted by Crippen LogP contribution is 2.34. The summed E-state index contributed by atoms with van der Waals surface area (Å²) in [6, 6.07) is 12.5. The maximum absolute atomic E-state index is 13.1. The van der Waals surface area contributed by atoms with Gasteiger partial charge in [-0.25, -0.2) is 4.39 Å². The lowest BCUT2D eigenvalue weighted by molar-refractivity contribution is 0.0983. The molecule has 1 N–H and O–H groups in total. The highest BCUT2D eigenvalue weighted by Gasteiger charge is 2.26. The van der Waals surface area contributed by atoms with Crippen molar-refractivity contribution in [3.05, 3.63) is 82.0 Å². The Morgan fingerprint density at radius 3 is 2.61 bits per heavy atom. The molecule has 0 radical (unpaired) electrons. The largest absolute Gasteiger partial charge is 0.457 e. The molecule has 5 nitrogen and oxygen atoms in total. The SMILES string of the molecule is O=C(Nc1cccc2c1CCCN2C(=O)c1coc(Br)c1)c1ccc(F)cc1. The van der Waals surface area contributed by atoms with Crippen molar-refractivity contribution in [3.8, 4) is 0 Å². The first-order chi connectivity index (χ1) is 13.5. The van der Waals surface area contributed by atoms with Gasteiger partial charge in [-0.05, 0) is 70.7 Å². The lowest BCUT2D eigenvalue weighted by Crippen LogP contribution is -2.35. The Kier molecular flexibility index (Phi) is 5.00. The Labute approximate surface area is 169 Å². The van der Waals surface area contributed by atoms with E-state index in [9.17, 15) is 14.0 Å². The molecule has 142 valence electrons. The third-order valence-electron chi connectivity index (χ3n) is 4.66. The van der Waals surface area contributed by atoms with Crippen LogP contribution in [0.4, 0.5) is 15.8 Å². The first-order valence-electron chi connectivity index (χ1n) is 8.77. The van der Waals surface area contributed by atoms with E-state index in [1.807, 2.05) is 12.1 Å². The van der Waals surface area contributed by atoms with Crippen molar-refractivity contribution < 1.29 is 18.4 Å². The molecule has 4 rings (SSSR count). The third-order valence-corrected chi connectivity index (χ3v) is 5.08. The van der Waals surface area contributed by atoms with Crippen molar-refractivity contribution in [3.63, 3.8) is 0 Å². The molecule has 1 aliphatic rings. The first-order valence-corrected chi connectivity index (χ1v) is 9.57. The number of fused-ring (bicyclic) bond motifs is 1. The van der Waals surface area contributed by atoms with Gasteiger partial charge in [0, 0.05) is 29.5 Å². The predicted molar refractivity (Wildman–Crippen MR) is 107 cm³/mol. The summed E-state index contributed by atoms with van der Waals surface area (Å²) in [5, 5.41) is 2.88. The molecule has 0 saturated carbocycles. The Hall–Kier alpha value is -2.93. The number of furan rings is 1. The normalized spacial score (nSPS) is 13.1. The van der Waals surface area contributed by atoms with Gasteiger partial charge in [0.05, 0.1) is 5.56 Å². The molecule has 0 unspecified atom stereocenters. The van der Waals surface area contributed by atoms with Crippen LogP contribution >= 0.6 is 15.9 Å². The summed E-state index contributed by atoms with van der Waals surface area (Å²) < 4.78 is 18.8. The van der Waals surface area contributed by atoms with E-state index in [-0.39, 0.29) is 11.8 Å². The summed E-state index contributed by atoms with van der Waals surface area (Å²) in [6.07, 6.45) is 2.94. The fourth-order valence-corrected chi connectivity index (χ4v) is 3.67. The van der Waals surface area contributed by atoms with Crippen LogP contribution in [0.5, 0.6) is 0 Å². The van der Waals surface area contributed by atoms with E-state index in [0.29, 0.717) is 28.0 Å². The summed E-state index contributed by atoms with van der Waals surface area (Å²) in [6.45, 7) is 0.587. The van der Waals surface area contributed by atoms with Crippen LogP contribution in [0.2, 0.25) is 0 Å².